The van der Waals surface area contributed by atoms with Crippen LogP contribution in [-0.2, 0) is 10.0 Å². The molecule has 1 aromatic heterocycles. The van der Waals surface area contributed by atoms with Crippen molar-refractivity contribution in [3.63, 3.8) is 0 Å². The molecule has 107 valence electrons. The average Bonchev–Trinajstić information content (AvgIpc) is 2.92. The van der Waals surface area contributed by atoms with Crippen LogP contribution < -0.4 is 0 Å². The molecule has 0 bridgehead atoms. The number of nitrogens with zero attached hydrogens (tertiary/aromatic N) is 1. The molecule has 21 heavy (non-hydrogen) atoms. The molecule has 0 aliphatic rings. The van der Waals surface area contributed by atoms with E-state index < -0.39 is 10.0 Å². The van der Waals surface area contributed by atoms with Crippen LogP contribution in [0.3, 0.4) is 0 Å². The molecule has 0 amide bonds. The summed E-state index contributed by atoms with van der Waals surface area (Å²) in [6, 6.07) is 16.1. The van der Waals surface area contributed by atoms with Crippen LogP contribution in [0, 0.1) is 5.92 Å². The minimum Gasteiger partial charge on any atom is -0.241 e. The van der Waals surface area contributed by atoms with E-state index in [0.717, 1.165) is 16.9 Å². The van der Waals surface area contributed by atoms with Gasteiger partial charge in [0.05, 0.1) is 10.4 Å². The first-order valence-electron chi connectivity index (χ1n) is 6.73. The lowest BCUT2D eigenvalue weighted by atomic mass is 10.00. The van der Waals surface area contributed by atoms with E-state index in [2.05, 4.69) is 0 Å². The summed E-state index contributed by atoms with van der Waals surface area (Å²) in [5.41, 5.74) is 1.78. The molecule has 0 spiro atoms. The van der Waals surface area contributed by atoms with Crippen LogP contribution in [0.25, 0.3) is 10.9 Å². The Balaban J connectivity index is 2.25. The van der Waals surface area contributed by atoms with Gasteiger partial charge in [0.25, 0.3) is 10.0 Å². The van der Waals surface area contributed by atoms with Gasteiger partial charge in [-0.25, -0.2) is 12.4 Å². The van der Waals surface area contributed by atoms with Crippen molar-refractivity contribution in [3.05, 3.63) is 72.3 Å². The third kappa shape index (κ3) is 2.25. The fourth-order valence-corrected chi connectivity index (χ4v) is 3.86. The largest absolute Gasteiger partial charge is 0.268 e. The summed E-state index contributed by atoms with van der Waals surface area (Å²) in [6.07, 6.45) is 1.62. The van der Waals surface area contributed by atoms with Gasteiger partial charge in [0, 0.05) is 11.6 Å². The van der Waals surface area contributed by atoms with Gasteiger partial charge in [0.1, 0.15) is 0 Å². The molecule has 0 aliphatic carbocycles. The van der Waals surface area contributed by atoms with Crippen LogP contribution in [0.15, 0.2) is 65.7 Å². The molecule has 0 saturated heterocycles. The van der Waals surface area contributed by atoms with Crippen LogP contribution in [0.1, 0.15) is 19.4 Å². The van der Waals surface area contributed by atoms with E-state index in [0.29, 0.717) is 10.4 Å². The summed E-state index contributed by atoms with van der Waals surface area (Å²) in [6.45, 7) is 4.05. The molecule has 4 heteroatoms. The molecular formula is C17H16NO2S. The third-order valence-corrected chi connectivity index (χ3v) is 5.24. The third-order valence-electron chi connectivity index (χ3n) is 3.54. The Labute approximate surface area is 124 Å². The number of fused-ring (bicyclic) bond motifs is 1. The zero-order chi connectivity index (χ0) is 15.0. The number of rotatable bonds is 3. The van der Waals surface area contributed by atoms with Gasteiger partial charge >= 0.3 is 0 Å². The van der Waals surface area contributed by atoms with Crippen molar-refractivity contribution < 1.29 is 8.42 Å². The predicted molar refractivity (Wildman–Crippen MR) is 84.7 cm³/mol. The summed E-state index contributed by atoms with van der Waals surface area (Å²) in [4.78, 5) is 0.296. The van der Waals surface area contributed by atoms with E-state index >= 15 is 0 Å². The lowest BCUT2D eigenvalue weighted by molar-refractivity contribution is 0.589. The van der Waals surface area contributed by atoms with E-state index in [-0.39, 0.29) is 0 Å². The molecule has 0 atom stereocenters. The molecule has 3 nitrogen and oxygen atoms in total. The Morgan fingerprint density at radius 3 is 2.29 bits per heavy atom. The van der Waals surface area contributed by atoms with Crippen LogP contribution in [0.2, 0.25) is 0 Å². The molecule has 3 aromatic rings. The number of hydrogen-bond donors (Lipinski definition) is 0. The highest BCUT2D eigenvalue weighted by Gasteiger charge is 2.19. The summed E-state index contributed by atoms with van der Waals surface area (Å²) in [5, 5.41) is 0.956. The Bertz CT molecular complexity index is 878. The Kier molecular flexibility index (Phi) is 3.33. The van der Waals surface area contributed by atoms with Gasteiger partial charge in [0.15, 0.2) is 0 Å². The van der Waals surface area contributed by atoms with E-state index in [1.54, 1.807) is 36.5 Å². The minimum absolute atomic E-state index is 0.296. The quantitative estimate of drug-likeness (QED) is 0.737. The van der Waals surface area contributed by atoms with Crippen LogP contribution in [0.5, 0.6) is 0 Å². The van der Waals surface area contributed by atoms with Crippen molar-refractivity contribution in [2.75, 3.05) is 0 Å². The first-order valence-corrected chi connectivity index (χ1v) is 8.17. The highest BCUT2D eigenvalue weighted by Crippen LogP contribution is 2.28. The van der Waals surface area contributed by atoms with E-state index in [1.807, 2.05) is 38.1 Å². The van der Waals surface area contributed by atoms with Crippen molar-refractivity contribution in [1.29, 1.82) is 0 Å². The van der Waals surface area contributed by atoms with E-state index in [4.69, 9.17) is 0 Å². The van der Waals surface area contributed by atoms with Gasteiger partial charge in [-0.3, -0.25) is 0 Å². The molecule has 0 saturated carbocycles. The number of benzene rings is 2. The molecule has 0 unspecified atom stereocenters. The summed E-state index contributed by atoms with van der Waals surface area (Å²) >= 11 is 0. The van der Waals surface area contributed by atoms with Crippen molar-refractivity contribution >= 4 is 20.9 Å². The second-order valence-electron chi connectivity index (χ2n) is 5.17. The molecule has 2 aromatic carbocycles. The maximum atomic E-state index is 12.7. The Morgan fingerprint density at radius 1 is 0.905 bits per heavy atom. The highest BCUT2D eigenvalue weighted by atomic mass is 32.2. The zero-order valence-electron chi connectivity index (χ0n) is 11.9. The van der Waals surface area contributed by atoms with Crippen LogP contribution in [-0.4, -0.2) is 12.4 Å². The standard InChI is InChI=1S/C17H16NO2S/c1-13(2)15-9-6-10-17-16(15)11-12-18(17)21(19,20)14-7-4-3-5-8-14/h3-12H,1-2H3. The minimum atomic E-state index is -3.56. The van der Waals surface area contributed by atoms with Gasteiger partial charge in [-0.1, -0.05) is 44.2 Å². The molecule has 0 fully saturated rings. The Morgan fingerprint density at radius 2 is 1.62 bits per heavy atom. The highest BCUT2D eigenvalue weighted by molar-refractivity contribution is 7.90. The van der Waals surface area contributed by atoms with Crippen molar-refractivity contribution in [2.45, 2.75) is 18.7 Å². The van der Waals surface area contributed by atoms with Gasteiger partial charge in [-0.2, -0.15) is 0 Å². The fourth-order valence-electron chi connectivity index (χ4n) is 2.49. The molecule has 0 N–H and O–H groups in total. The first-order chi connectivity index (χ1) is 10.0. The number of hydrogen-bond acceptors (Lipinski definition) is 2. The lowest BCUT2D eigenvalue weighted by Gasteiger charge is -2.10. The fraction of sp³-hybridized carbons (Fsp3) is 0.118. The van der Waals surface area contributed by atoms with Gasteiger partial charge < -0.3 is 0 Å². The van der Waals surface area contributed by atoms with Crippen molar-refractivity contribution in [2.24, 2.45) is 0 Å². The topological polar surface area (TPSA) is 39.1 Å². The monoisotopic (exact) mass is 298 g/mol. The normalized spacial score (nSPS) is 12.1. The summed E-state index contributed by atoms with van der Waals surface area (Å²) in [5.74, 6) is 1.16. The van der Waals surface area contributed by atoms with Gasteiger partial charge in [0.2, 0.25) is 0 Å². The average molecular weight is 298 g/mol. The van der Waals surface area contributed by atoms with Gasteiger partial charge in [-0.15, -0.1) is 0 Å². The Hall–Kier alpha value is -2.07. The van der Waals surface area contributed by atoms with Crippen molar-refractivity contribution in [3.8, 4) is 0 Å². The van der Waals surface area contributed by atoms with Crippen LogP contribution >= 0.6 is 0 Å². The second kappa shape index (κ2) is 5.04. The summed E-state index contributed by atoms with van der Waals surface area (Å²) < 4.78 is 26.8. The number of aromatic nitrogens is 1. The molecule has 1 heterocycles. The van der Waals surface area contributed by atoms with Crippen molar-refractivity contribution in [1.82, 2.24) is 3.97 Å². The zero-order valence-corrected chi connectivity index (χ0v) is 12.8. The maximum absolute atomic E-state index is 12.7. The van der Waals surface area contributed by atoms with Crippen LogP contribution in [0.4, 0.5) is 0 Å². The molecule has 0 aliphatic heterocycles. The van der Waals surface area contributed by atoms with Gasteiger partial charge in [-0.05, 0) is 35.7 Å². The molecule has 1 radical (unpaired) electrons. The van der Waals surface area contributed by atoms with E-state index in [1.165, 1.54) is 3.97 Å². The smallest absolute Gasteiger partial charge is 0.241 e. The lowest BCUT2D eigenvalue weighted by Crippen LogP contribution is -2.11. The first kappa shape index (κ1) is 13.9. The second-order valence-corrected chi connectivity index (χ2v) is 6.98. The molecular weight excluding hydrogens is 282 g/mol. The van der Waals surface area contributed by atoms with E-state index in [9.17, 15) is 8.42 Å². The molecule has 3 rings (SSSR count). The SMILES string of the molecule is C[C](C)c1cccc2c1ccn2S(=O)(=O)c1ccccc1. The maximum Gasteiger partial charge on any atom is 0.268 e. The predicted octanol–water partition coefficient (Wildman–Crippen LogP) is 3.84. The summed E-state index contributed by atoms with van der Waals surface area (Å²) in [7, 11) is -3.56.